The van der Waals surface area contributed by atoms with Crippen LogP contribution in [-0.2, 0) is 44.7 Å². The molecule has 4 fully saturated rings. The summed E-state index contributed by atoms with van der Waals surface area (Å²) in [7, 11) is 0. The van der Waals surface area contributed by atoms with Gasteiger partial charge in [-0.15, -0.1) is 0 Å². The topological polar surface area (TPSA) is 188 Å². The lowest BCUT2D eigenvalue weighted by Crippen LogP contribution is -2.57. The minimum atomic E-state index is -1.68. The highest BCUT2D eigenvalue weighted by atomic mass is 16.7. The van der Waals surface area contributed by atoms with Gasteiger partial charge in [-0.25, -0.2) is 14.4 Å². The van der Waals surface area contributed by atoms with E-state index in [1.165, 1.54) is 0 Å². The smallest absolute Gasteiger partial charge is 0.351 e. The lowest BCUT2D eigenvalue weighted by molar-refractivity contribution is -0.497. The zero-order valence-corrected chi connectivity index (χ0v) is 29.6. The predicted molar refractivity (Wildman–Crippen MR) is 171 cm³/mol. The van der Waals surface area contributed by atoms with E-state index in [9.17, 15) is 34.1 Å². The van der Waals surface area contributed by atoms with E-state index in [1.807, 2.05) is 0 Å². The molecule has 1 aromatic carbocycles. The summed E-state index contributed by atoms with van der Waals surface area (Å²) in [6, 6.07) is 3.15. The molecule has 0 amide bonds. The van der Waals surface area contributed by atoms with E-state index in [0.717, 1.165) is 0 Å². The molecule has 4 heterocycles. The predicted octanol–water partition coefficient (Wildman–Crippen LogP) is 4.79. The van der Waals surface area contributed by atoms with Gasteiger partial charge in [-0.2, -0.15) is 0 Å². The van der Waals surface area contributed by atoms with Crippen molar-refractivity contribution >= 4 is 34.8 Å². The fraction of sp³-hybridized carbons (Fsp3) is 0.639. The van der Waals surface area contributed by atoms with Gasteiger partial charge >= 0.3 is 29.5 Å². The van der Waals surface area contributed by atoms with Crippen molar-refractivity contribution in [3.63, 3.8) is 0 Å². The van der Waals surface area contributed by atoms with Crippen molar-refractivity contribution < 1.29 is 52.2 Å². The highest BCUT2D eigenvalue weighted by molar-refractivity contribution is 5.95. The van der Waals surface area contributed by atoms with E-state index in [1.54, 1.807) is 74.4 Å². The van der Waals surface area contributed by atoms with Gasteiger partial charge in [0, 0.05) is 21.1 Å². The summed E-state index contributed by atoms with van der Waals surface area (Å²) in [6.07, 6.45) is -1.76. The SMILES string of the molecule is Cc1c(C[N+](=O)[O-])c(=O)oc2c3c(ccc12)OC(C)(C)[C@H](OC(=O)C12CCC(C)(C(=O)O1)C2(C)C)[C@@H]3OC(=O)C12CCC(C)(C(=O)O1)C2(C)C. The maximum absolute atomic E-state index is 14.5. The van der Waals surface area contributed by atoms with Crippen LogP contribution in [0, 0.1) is 38.7 Å². The molecule has 14 nitrogen and oxygen atoms in total. The van der Waals surface area contributed by atoms with Gasteiger partial charge in [0.05, 0.1) is 16.4 Å². The zero-order valence-electron chi connectivity index (χ0n) is 29.6. The van der Waals surface area contributed by atoms with Gasteiger partial charge in [0.25, 0.3) is 0 Å². The number of esters is 4. The molecular weight excluding hydrogens is 654 g/mol. The molecule has 50 heavy (non-hydrogen) atoms. The summed E-state index contributed by atoms with van der Waals surface area (Å²) in [5.41, 5.74) is -9.43. The molecule has 7 rings (SSSR count). The molecule has 0 radical (unpaired) electrons. The number of hydrogen-bond acceptors (Lipinski definition) is 13. The Hall–Kier alpha value is -4.49. The van der Waals surface area contributed by atoms with Crippen LogP contribution in [0.4, 0.5) is 0 Å². The number of hydrogen-bond donors (Lipinski definition) is 0. The molecule has 2 saturated carbocycles. The molecule has 14 heteroatoms. The molecule has 6 atom stereocenters. The number of ether oxygens (including phenoxy) is 5. The van der Waals surface area contributed by atoms with Crippen LogP contribution in [0.15, 0.2) is 21.3 Å². The van der Waals surface area contributed by atoms with Crippen LogP contribution in [0.3, 0.4) is 0 Å². The van der Waals surface area contributed by atoms with Crippen molar-refractivity contribution in [2.24, 2.45) is 21.7 Å². The van der Waals surface area contributed by atoms with E-state index in [0.29, 0.717) is 18.2 Å². The molecule has 5 aliphatic rings. The third-order valence-corrected chi connectivity index (χ3v) is 13.7. The Kier molecular flexibility index (Phi) is 6.69. The van der Waals surface area contributed by atoms with E-state index < -0.39 is 91.6 Å². The van der Waals surface area contributed by atoms with E-state index >= 15 is 0 Å². The third-order valence-electron chi connectivity index (χ3n) is 13.7. The van der Waals surface area contributed by atoms with Crippen molar-refractivity contribution in [1.29, 1.82) is 0 Å². The summed E-state index contributed by atoms with van der Waals surface area (Å²) in [4.78, 5) is 79.1. The van der Waals surface area contributed by atoms with Crippen molar-refractivity contribution in [3.05, 3.63) is 49.4 Å². The van der Waals surface area contributed by atoms with Crippen LogP contribution in [0.2, 0.25) is 0 Å². The lowest BCUT2D eigenvalue weighted by Gasteiger charge is -2.45. The highest BCUT2D eigenvalue weighted by Gasteiger charge is 2.78. The molecule has 4 unspecified atom stereocenters. The molecular formula is C36H41NO13. The van der Waals surface area contributed by atoms with Gasteiger partial charge in [-0.1, -0.05) is 27.7 Å². The van der Waals surface area contributed by atoms with Gasteiger partial charge in [-0.05, 0) is 78.0 Å². The number of fused-ring (bicyclic) bond motifs is 7. The first-order valence-electron chi connectivity index (χ1n) is 16.8. The number of nitro groups is 1. The molecule has 2 saturated heterocycles. The molecule has 2 aromatic rings. The Morgan fingerprint density at radius 1 is 0.820 bits per heavy atom. The second-order valence-corrected chi connectivity index (χ2v) is 16.5. The molecule has 0 N–H and O–H groups in total. The molecule has 2 aliphatic carbocycles. The Bertz CT molecular complexity index is 2010. The average Bonchev–Trinajstić information content (AvgIpc) is 3.48. The second kappa shape index (κ2) is 9.85. The summed E-state index contributed by atoms with van der Waals surface area (Å²) in [5.74, 6) is -2.63. The highest BCUT2D eigenvalue weighted by Crippen LogP contribution is 2.67. The fourth-order valence-electron chi connectivity index (χ4n) is 9.13. The van der Waals surface area contributed by atoms with Crippen LogP contribution < -0.4 is 10.4 Å². The number of benzene rings is 1. The average molecular weight is 696 g/mol. The number of aryl methyl sites for hydroxylation is 1. The first kappa shape index (κ1) is 34.0. The van der Waals surface area contributed by atoms with Gasteiger partial charge in [0.2, 0.25) is 17.7 Å². The normalized spacial score (nSPS) is 35.2. The molecule has 4 bridgehead atoms. The van der Waals surface area contributed by atoms with Crippen LogP contribution in [0.25, 0.3) is 11.0 Å². The third kappa shape index (κ3) is 3.82. The Balaban J connectivity index is 1.39. The fourth-order valence-corrected chi connectivity index (χ4v) is 9.13. The minimum absolute atomic E-state index is 0.0524. The Labute approximate surface area is 287 Å². The maximum atomic E-state index is 14.5. The van der Waals surface area contributed by atoms with Crippen LogP contribution in [-0.4, -0.2) is 51.7 Å². The van der Waals surface area contributed by atoms with Crippen molar-refractivity contribution in [2.75, 3.05) is 0 Å². The van der Waals surface area contributed by atoms with Crippen LogP contribution >= 0.6 is 0 Å². The first-order chi connectivity index (χ1) is 23.0. The number of carbonyl (C=O) groups excluding carboxylic acids is 4. The summed E-state index contributed by atoms with van der Waals surface area (Å²) < 4.78 is 36.4. The van der Waals surface area contributed by atoms with Gasteiger partial charge < -0.3 is 28.1 Å². The Morgan fingerprint density at radius 3 is 1.80 bits per heavy atom. The quantitative estimate of drug-likeness (QED) is 0.132. The summed E-state index contributed by atoms with van der Waals surface area (Å²) in [6.45, 7) is 14.6. The first-order valence-corrected chi connectivity index (χ1v) is 16.8. The molecule has 1 aromatic heterocycles. The Morgan fingerprint density at radius 2 is 1.34 bits per heavy atom. The largest absolute Gasteiger partial charge is 0.483 e. The van der Waals surface area contributed by atoms with Gasteiger partial charge in [0.15, 0.2) is 12.2 Å². The lowest BCUT2D eigenvalue weighted by atomic mass is 9.66. The van der Waals surface area contributed by atoms with E-state index in [4.69, 9.17) is 28.1 Å². The minimum Gasteiger partial charge on any atom is -0.483 e. The van der Waals surface area contributed by atoms with E-state index in [2.05, 4.69) is 0 Å². The standard InChI is InChI=1S/C36H41NO13/c1-17-18-10-11-20-21(22(18)45-25(38)19(17)16-37(43)44)23(46-28(41)35-14-12-33(8,26(39)49-35)31(35,4)5)24(30(2,3)48-20)47-29(42)36-15-13-34(9,27(40)50-36)32(36,6)7/h10-11,23-24H,12-16H2,1-9H3/t23-,24-,33?,34?,35?,36?/m1/s1. The van der Waals surface area contributed by atoms with Crippen LogP contribution in [0.1, 0.15) is 104 Å². The zero-order chi connectivity index (χ0) is 36.8. The van der Waals surface area contributed by atoms with Crippen molar-refractivity contribution in [3.8, 4) is 5.75 Å². The second-order valence-electron chi connectivity index (χ2n) is 16.5. The molecule has 3 aliphatic heterocycles. The van der Waals surface area contributed by atoms with Crippen LogP contribution in [0.5, 0.6) is 5.75 Å². The van der Waals surface area contributed by atoms with Gasteiger partial charge in [-0.3, -0.25) is 19.7 Å². The van der Waals surface area contributed by atoms with Crippen molar-refractivity contribution in [1.82, 2.24) is 0 Å². The van der Waals surface area contributed by atoms with Gasteiger partial charge in [0.1, 0.15) is 22.5 Å². The summed E-state index contributed by atoms with van der Waals surface area (Å²) in [5, 5.41) is 11.7. The van der Waals surface area contributed by atoms with Crippen molar-refractivity contribution in [2.45, 2.75) is 124 Å². The maximum Gasteiger partial charge on any atom is 0.351 e. The molecule has 268 valence electrons. The number of rotatable bonds is 6. The monoisotopic (exact) mass is 695 g/mol. The summed E-state index contributed by atoms with van der Waals surface area (Å²) >= 11 is 0. The van der Waals surface area contributed by atoms with E-state index in [-0.39, 0.29) is 40.9 Å². The molecule has 0 spiro atoms. The number of nitrogens with zero attached hydrogens (tertiary/aromatic N) is 1. The number of carbonyl (C=O) groups is 4.